The van der Waals surface area contributed by atoms with Crippen molar-refractivity contribution in [3.8, 4) is 0 Å². The number of aryl methyl sites for hydroxylation is 3. The van der Waals surface area contributed by atoms with Crippen LogP contribution in [0.25, 0.3) is 0 Å². The lowest BCUT2D eigenvalue weighted by molar-refractivity contribution is 0.398. The molecule has 1 N–H and O–H groups in total. The zero-order chi connectivity index (χ0) is 14.5. The molecule has 1 unspecified atom stereocenters. The van der Waals surface area contributed by atoms with E-state index in [1.807, 2.05) is 13.0 Å². The lowest BCUT2D eigenvalue weighted by Gasteiger charge is -2.17. The minimum atomic E-state index is 0.254. The lowest BCUT2D eigenvalue weighted by Crippen LogP contribution is -2.23. The third-order valence-electron chi connectivity index (χ3n) is 3.47. The van der Waals surface area contributed by atoms with Crippen LogP contribution in [0.3, 0.4) is 0 Å². The van der Waals surface area contributed by atoms with E-state index >= 15 is 0 Å². The van der Waals surface area contributed by atoms with Gasteiger partial charge in [-0.1, -0.05) is 36.2 Å². The van der Waals surface area contributed by atoms with Crippen molar-refractivity contribution in [1.82, 2.24) is 5.32 Å². The maximum absolute atomic E-state index is 5.81. The van der Waals surface area contributed by atoms with Gasteiger partial charge in [0.05, 0.1) is 6.04 Å². The summed E-state index contributed by atoms with van der Waals surface area (Å²) < 4.78 is 5.81. The summed E-state index contributed by atoms with van der Waals surface area (Å²) in [5.74, 6) is 2.01. The van der Waals surface area contributed by atoms with E-state index in [4.69, 9.17) is 4.42 Å². The molecule has 1 aromatic heterocycles. The van der Waals surface area contributed by atoms with E-state index in [-0.39, 0.29) is 6.04 Å². The van der Waals surface area contributed by atoms with Crippen molar-refractivity contribution in [2.75, 3.05) is 6.54 Å². The van der Waals surface area contributed by atoms with Gasteiger partial charge in [0.15, 0.2) is 0 Å². The standard InChI is InChI=1S/C18H25NO/c1-5-8-19-17(18-7-6-15(4)20-18)12-16-10-13(2)9-14(3)11-16/h6-7,9-11,17,19H,5,8,12H2,1-4H3. The minimum absolute atomic E-state index is 0.254. The molecule has 0 fully saturated rings. The summed E-state index contributed by atoms with van der Waals surface area (Å²) >= 11 is 0. The molecule has 2 nitrogen and oxygen atoms in total. The number of hydrogen-bond acceptors (Lipinski definition) is 2. The third-order valence-corrected chi connectivity index (χ3v) is 3.47. The first kappa shape index (κ1) is 14.9. The highest BCUT2D eigenvalue weighted by atomic mass is 16.3. The summed E-state index contributed by atoms with van der Waals surface area (Å²) in [6.45, 7) is 9.50. The van der Waals surface area contributed by atoms with Crippen LogP contribution in [0.4, 0.5) is 0 Å². The molecule has 2 heteroatoms. The monoisotopic (exact) mass is 271 g/mol. The first-order chi connectivity index (χ1) is 9.58. The topological polar surface area (TPSA) is 25.2 Å². The van der Waals surface area contributed by atoms with Crippen molar-refractivity contribution in [2.45, 2.75) is 46.6 Å². The van der Waals surface area contributed by atoms with Crippen LogP contribution in [0.2, 0.25) is 0 Å². The zero-order valence-electron chi connectivity index (χ0n) is 13.0. The fourth-order valence-corrected chi connectivity index (χ4v) is 2.66. The highest BCUT2D eigenvalue weighted by Gasteiger charge is 2.15. The average molecular weight is 271 g/mol. The molecule has 0 aliphatic carbocycles. The molecule has 0 saturated carbocycles. The zero-order valence-corrected chi connectivity index (χ0v) is 13.0. The molecule has 2 aromatic rings. The van der Waals surface area contributed by atoms with Gasteiger partial charge in [-0.15, -0.1) is 0 Å². The molecule has 0 bridgehead atoms. The van der Waals surface area contributed by atoms with Crippen LogP contribution in [0.5, 0.6) is 0 Å². The fraction of sp³-hybridized carbons (Fsp3) is 0.444. The van der Waals surface area contributed by atoms with Crippen molar-refractivity contribution < 1.29 is 4.42 Å². The summed E-state index contributed by atoms with van der Waals surface area (Å²) in [6.07, 6.45) is 2.10. The summed E-state index contributed by atoms with van der Waals surface area (Å²) in [6, 6.07) is 11.1. The van der Waals surface area contributed by atoms with E-state index in [0.29, 0.717) is 0 Å². The number of rotatable bonds is 6. The Morgan fingerprint density at radius 1 is 1.05 bits per heavy atom. The molecule has 20 heavy (non-hydrogen) atoms. The summed E-state index contributed by atoms with van der Waals surface area (Å²) in [5, 5.41) is 3.59. The van der Waals surface area contributed by atoms with E-state index in [1.54, 1.807) is 0 Å². The number of hydrogen-bond donors (Lipinski definition) is 1. The van der Waals surface area contributed by atoms with E-state index in [1.165, 1.54) is 16.7 Å². The molecule has 0 aliphatic rings. The largest absolute Gasteiger partial charge is 0.465 e. The second-order valence-electron chi connectivity index (χ2n) is 5.66. The van der Waals surface area contributed by atoms with E-state index in [2.05, 4.69) is 50.4 Å². The summed E-state index contributed by atoms with van der Waals surface area (Å²) in [7, 11) is 0. The van der Waals surface area contributed by atoms with Gasteiger partial charge in [0.2, 0.25) is 0 Å². The maximum Gasteiger partial charge on any atom is 0.121 e. The van der Waals surface area contributed by atoms with Crippen LogP contribution < -0.4 is 5.32 Å². The van der Waals surface area contributed by atoms with Crippen molar-refractivity contribution in [2.24, 2.45) is 0 Å². The van der Waals surface area contributed by atoms with Gasteiger partial charge in [0.1, 0.15) is 11.5 Å². The number of benzene rings is 1. The van der Waals surface area contributed by atoms with Gasteiger partial charge in [-0.05, 0) is 57.9 Å². The molecular weight excluding hydrogens is 246 g/mol. The highest BCUT2D eigenvalue weighted by molar-refractivity contribution is 5.29. The predicted octanol–water partition coefficient (Wildman–Crippen LogP) is 4.49. The van der Waals surface area contributed by atoms with Crippen molar-refractivity contribution in [1.29, 1.82) is 0 Å². The molecule has 0 radical (unpaired) electrons. The predicted molar refractivity (Wildman–Crippen MR) is 84.1 cm³/mol. The smallest absolute Gasteiger partial charge is 0.121 e. The van der Waals surface area contributed by atoms with Crippen molar-refractivity contribution >= 4 is 0 Å². The number of nitrogens with one attached hydrogen (secondary N) is 1. The van der Waals surface area contributed by atoms with Gasteiger partial charge in [-0.25, -0.2) is 0 Å². The second kappa shape index (κ2) is 6.76. The van der Waals surface area contributed by atoms with Crippen molar-refractivity contribution in [3.05, 3.63) is 58.5 Å². The summed E-state index contributed by atoms with van der Waals surface area (Å²) in [4.78, 5) is 0. The van der Waals surface area contributed by atoms with Crippen LogP contribution in [-0.2, 0) is 6.42 Å². The molecular formula is C18H25NO. The van der Waals surface area contributed by atoms with Crippen molar-refractivity contribution in [3.63, 3.8) is 0 Å². The van der Waals surface area contributed by atoms with Gasteiger partial charge in [-0.2, -0.15) is 0 Å². The molecule has 1 atom stereocenters. The van der Waals surface area contributed by atoms with E-state index < -0.39 is 0 Å². The van der Waals surface area contributed by atoms with Crippen LogP contribution >= 0.6 is 0 Å². The van der Waals surface area contributed by atoms with Gasteiger partial charge in [0.25, 0.3) is 0 Å². The van der Waals surface area contributed by atoms with Gasteiger partial charge in [-0.3, -0.25) is 0 Å². The first-order valence-electron chi connectivity index (χ1n) is 7.45. The Morgan fingerprint density at radius 3 is 2.30 bits per heavy atom. The molecule has 1 aromatic carbocycles. The fourth-order valence-electron chi connectivity index (χ4n) is 2.66. The average Bonchev–Trinajstić information content (AvgIpc) is 2.80. The SMILES string of the molecule is CCCNC(Cc1cc(C)cc(C)c1)c1ccc(C)o1. The van der Waals surface area contributed by atoms with Gasteiger partial charge < -0.3 is 9.73 Å². The van der Waals surface area contributed by atoms with E-state index in [9.17, 15) is 0 Å². The molecule has 108 valence electrons. The van der Waals surface area contributed by atoms with Crippen LogP contribution in [-0.4, -0.2) is 6.54 Å². The maximum atomic E-state index is 5.81. The van der Waals surface area contributed by atoms with Crippen LogP contribution in [0.1, 0.15) is 47.6 Å². The Bertz CT molecular complexity index is 536. The Balaban J connectivity index is 2.18. The Morgan fingerprint density at radius 2 is 1.75 bits per heavy atom. The Kier molecular flexibility index (Phi) is 5.02. The Hall–Kier alpha value is -1.54. The lowest BCUT2D eigenvalue weighted by atomic mass is 10.00. The molecule has 1 heterocycles. The number of furan rings is 1. The normalized spacial score (nSPS) is 12.6. The molecule has 0 spiro atoms. The Labute approximate surface area is 122 Å². The highest BCUT2D eigenvalue weighted by Crippen LogP contribution is 2.22. The summed E-state index contributed by atoms with van der Waals surface area (Å²) in [5.41, 5.74) is 4.01. The molecule has 0 saturated heterocycles. The van der Waals surface area contributed by atoms with Crippen LogP contribution in [0.15, 0.2) is 34.7 Å². The van der Waals surface area contributed by atoms with Crippen LogP contribution in [0, 0.1) is 20.8 Å². The second-order valence-corrected chi connectivity index (χ2v) is 5.66. The first-order valence-corrected chi connectivity index (χ1v) is 7.45. The quantitative estimate of drug-likeness (QED) is 0.837. The molecule has 2 rings (SSSR count). The van der Waals surface area contributed by atoms with E-state index in [0.717, 1.165) is 30.9 Å². The van der Waals surface area contributed by atoms with Gasteiger partial charge >= 0.3 is 0 Å². The molecule has 0 aliphatic heterocycles. The third kappa shape index (κ3) is 3.97. The van der Waals surface area contributed by atoms with Gasteiger partial charge in [0, 0.05) is 0 Å². The molecule has 0 amide bonds. The minimum Gasteiger partial charge on any atom is -0.465 e.